The SMILES string of the molecule is O=C(O)CCC1CCCCN1Cc1ccc(Cl)cc1. The summed E-state index contributed by atoms with van der Waals surface area (Å²) in [6, 6.07) is 8.32. The third-order valence-electron chi connectivity index (χ3n) is 3.74. The molecule has 1 aliphatic rings. The van der Waals surface area contributed by atoms with E-state index in [1.54, 1.807) is 0 Å². The molecule has 19 heavy (non-hydrogen) atoms. The maximum Gasteiger partial charge on any atom is 0.303 e. The Morgan fingerprint density at radius 3 is 2.74 bits per heavy atom. The van der Waals surface area contributed by atoms with Gasteiger partial charge in [-0.05, 0) is 43.5 Å². The Hall–Kier alpha value is -1.06. The minimum atomic E-state index is -0.697. The van der Waals surface area contributed by atoms with Gasteiger partial charge in [-0.25, -0.2) is 0 Å². The van der Waals surface area contributed by atoms with Crippen molar-refractivity contribution in [3.8, 4) is 0 Å². The van der Waals surface area contributed by atoms with Gasteiger partial charge in [0, 0.05) is 24.0 Å². The third kappa shape index (κ3) is 4.51. The number of hydrogen-bond acceptors (Lipinski definition) is 2. The lowest BCUT2D eigenvalue weighted by Crippen LogP contribution is -2.39. The molecule has 1 saturated heterocycles. The first kappa shape index (κ1) is 14.4. The van der Waals surface area contributed by atoms with Crippen molar-refractivity contribution in [2.24, 2.45) is 0 Å². The summed E-state index contributed by atoms with van der Waals surface area (Å²) in [6.45, 7) is 1.95. The van der Waals surface area contributed by atoms with Crippen molar-refractivity contribution in [1.82, 2.24) is 4.90 Å². The quantitative estimate of drug-likeness (QED) is 0.897. The lowest BCUT2D eigenvalue weighted by molar-refractivity contribution is -0.137. The van der Waals surface area contributed by atoms with E-state index < -0.39 is 5.97 Å². The number of hydrogen-bond donors (Lipinski definition) is 1. The summed E-state index contributed by atoms with van der Waals surface area (Å²) in [6.07, 6.45) is 4.55. The second-order valence-electron chi connectivity index (χ2n) is 5.18. The van der Waals surface area contributed by atoms with E-state index in [0.29, 0.717) is 6.04 Å². The van der Waals surface area contributed by atoms with Crippen molar-refractivity contribution in [3.05, 3.63) is 34.9 Å². The van der Waals surface area contributed by atoms with Crippen LogP contribution in [0.15, 0.2) is 24.3 Å². The van der Waals surface area contributed by atoms with E-state index in [4.69, 9.17) is 16.7 Å². The van der Waals surface area contributed by atoms with Gasteiger partial charge in [0.2, 0.25) is 0 Å². The molecule has 104 valence electrons. The highest BCUT2D eigenvalue weighted by Gasteiger charge is 2.22. The van der Waals surface area contributed by atoms with Crippen LogP contribution in [0.25, 0.3) is 0 Å². The zero-order valence-electron chi connectivity index (χ0n) is 11.0. The molecule has 1 atom stereocenters. The van der Waals surface area contributed by atoms with Crippen LogP contribution >= 0.6 is 11.6 Å². The smallest absolute Gasteiger partial charge is 0.303 e. The summed E-state index contributed by atoms with van der Waals surface area (Å²) in [5, 5.41) is 9.57. The molecular formula is C15H20ClNO2. The van der Waals surface area contributed by atoms with E-state index >= 15 is 0 Å². The molecule has 1 unspecified atom stereocenters. The van der Waals surface area contributed by atoms with Gasteiger partial charge in [-0.15, -0.1) is 0 Å². The van der Waals surface area contributed by atoms with Crippen molar-refractivity contribution in [1.29, 1.82) is 0 Å². The van der Waals surface area contributed by atoms with Gasteiger partial charge < -0.3 is 5.11 Å². The highest BCUT2D eigenvalue weighted by atomic mass is 35.5. The molecule has 4 heteroatoms. The lowest BCUT2D eigenvalue weighted by atomic mass is 9.97. The molecule has 0 amide bonds. The van der Waals surface area contributed by atoms with Gasteiger partial charge >= 0.3 is 5.97 Å². The average molecular weight is 282 g/mol. The first-order chi connectivity index (χ1) is 9.15. The van der Waals surface area contributed by atoms with Crippen LogP contribution in [-0.4, -0.2) is 28.6 Å². The maximum atomic E-state index is 10.7. The van der Waals surface area contributed by atoms with Crippen molar-refractivity contribution in [3.63, 3.8) is 0 Å². The summed E-state index contributed by atoms with van der Waals surface area (Å²) >= 11 is 5.89. The van der Waals surface area contributed by atoms with E-state index in [-0.39, 0.29) is 6.42 Å². The van der Waals surface area contributed by atoms with E-state index in [9.17, 15) is 4.79 Å². The van der Waals surface area contributed by atoms with Crippen LogP contribution in [0, 0.1) is 0 Å². The largest absolute Gasteiger partial charge is 0.481 e. The Labute approximate surface area is 119 Å². The van der Waals surface area contributed by atoms with Gasteiger partial charge in [0.15, 0.2) is 0 Å². The zero-order valence-corrected chi connectivity index (χ0v) is 11.8. The number of rotatable bonds is 5. The fourth-order valence-corrected chi connectivity index (χ4v) is 2.84. The summed E-state index contributed by atoms with van der Waals surface area (Å²) in [7, 11) is 0. The molecule has 0 aliphatic carbocycles. The van der Waals surface area contributed by atoms with E-state index in [0.717, 1.165) is 31.0 Å². The first-order valence-electron chi connectivity index (χ1n) is 6.85. The minimum Gasteiger partial charge on any atom is -0.481 e. The Bertz CT molecular complexity index is 419. The number of likely N-dealkylation sites (tertiary alicyclic amines) is 1. The Morgan fingerprint density at radius 1 is 1.32 bits per heavy atom. The Morgan fingerprint density at radius 2 is 2.05 bits per heavy atom. The lowest BCUT2D eigenvalue weighted by Gasteiger charge is -2.35. The van der Waals surface area contributed by atoms with Gasteiger partial charge in [-0.1, -0.05) is 30.2 Å². The molecule has 1 aromatic carbocycles. The predicted molar refractivity (Wildman–Crippen MR) is 76.4 cm³/mol. The standard InChI is InChI=1S/C15H20ClNO2/c16-13-6-4-12(5-7-13)11-17-10-2-1-3-14(17)8-9-15(18)19/h4-7,14H,1-3,8-11H2,(H,18,19). The van der Waals surface area contributed by atoms with E-state index in [1.165, 1.54) is 18.4 Å². The number of halogens is 1. The number of carboxylic acid groups (broad SMARTS) is 1. The van der Waals surface area contributed by atoms with Crippen LogP contribution in [0.3, 0.4) is 0 Å². The van der Waals surface area contributed by atoms with E-state index in [1.807, 2.05) is 24.3 Å². The summed E-state index contributed by atoms with van der Waals surface area (Å²) in [4.78, 5) is 13.1. The fraction of sp³-hybridized carbons (Fsp3) is 0.533. The number of carbonyl (C=O) groups is 1. The molecular weight excluding hydrogens is 262 g/mol. The highest BCUT2D eigenvalue weighted by Crippen LogP contribution is 2.23. The van der Waals surface area contributed by atoms with Crippen LogP contribution in [0.5, 0.6) is 0 Å². The normalized spacial score (nSPS) is 20.4. The number of nitrogens with zero attached hydrogens (tertiary/aromatic N) is 1. The van der Waals surface area contributed by atoms with Crippen LogP contribution in [-0.2, 0) is 11.3 Å². The number of benzene rings is 1. The molecule has 1 N–H and O–H groups in total. The van der Waals surface area contributed by atoms with E-state index in [2.05, 4.69) is 4.90 Å². The molecule has 0 radical (unpaired) electrons. The molecule has 3 nitrogen and oxygen atoms in total. The molecule has 1 fully saturated rings. The molecule has 0 bridgehead atoms. The van der Waals surface area contributed by atoms with Crippen LogP contribution in [0.4, 0.5) is 0 Å². The molecule has 1 heterocycles. The van der Waals surface area contributed by atoms with Crippen molar-refractivity contribution in [2.45, 2.75) is 44.7 Å². The second-order valence-corrected chi connectivity index (χ2v) is 5.62. The van der Waals surface area contributed by atoms with Crippen LogP contribution < -0.4 is 0 Å². The zero-order chi connectivity index (χ0) is 13.7. The number of aliphatic carboxylic acids is 1. The number of piperidine rings is 1. The van der Waals surface area contributed by atoms with Crippen molar-refractivity contribution >= 4 is 17.6 Å². The first-order valence-corrected chi connectivity index (χ1v) is 7.23. The van der Waals surface area contributed by atoms with Crippen molar-refractivity contribution < 1.29 is 9.90 Å². The van der Waals surface area contributed by atoms with Gasteiger partial charge in [0.25, 0.3) is 0 Å². The summed E-state index contributed by atoms with van der Waals surface area (Å²) in [5.41, 5.74) is 1.24. The topological polar surface area (TPSA) is 40.5 Å². The molecule has 0 spiro atoms. The summed E-state index contributed by atoms with van der Waals surface area (Å²) < 4.78 is 0. The average Bonchev–Trinajstić information content (AvgIpc) is 2.40. The second kappa shape index (κ2) is 6.92. The fourth-order valence-electron chi connectivity index (χ4n) is 2.71. The summed E-state index contributed by atoms with van der Waals surface area (Å²) in [5.74, 6) is -0.697. The maximum absolute atomic E-state index is 10.7. The Balaban J connectivity index is 1.95. The molecule has 1 aromatic rings. The van der Waals surface area contributed by atoms with Gasteiger partial charge in [0.1, 0.15) is 0 Å². The monoisotopic (exact) mass is 281 g/mol. The van der Waals surface area contributed by atoms with Crippen LogP contribution in [0.1, 0.15) is 37.7 Å². The van der Waals surface area contributed by atoms with Crippen LogP contribution in [0.2, 0.25) is 5.02 Å². The highest BCUT2D eigenvalue weighted by molar-refractivity contribution is 6.30. The van der Waals surface area contributed by atoms with Gasteiger partial charge in [-0.2, -0.15) is 0 Å². The third-order valence-corrected chi connectivity index (χ3v) is 3.99. The minimum absolute atomic E-state index is 0.266. The molecule has 0 aromatic heterocycles. The molecule has 2 rings (SSSR count). The van der Waals surface area contributed by atoms with Gasteiger partial charge in [-0.3, -0.25) is 9.69 Å². The molecule has 1 aliphatic heterocycles. The molecule has 0 saturated carbocycles. The van der Waals surface area contributed by atoms with Gasteiger partial charge in [0.05, 0.1) is 0 Å². The predicted octanol–water partition coefficient (Wildman–Crippen LogP) is 3.56. The van der Waals surface area contributed by atoms with Crippen molar-refractivity contribution in [2.75, 3.05) is 6.54 Å². The number of carboxylic acids is 1. The Kier molecular flexibility index (Phi) is 5.23.